The van der Waals surface area contributed by atoms with Crippen molar-refractivity contribution in [2.75, 3.05) is 22.6 Å². The van der Waals surface area contributed by atoms with Gasteiger partial charge in [-0.05, 0) is 48.2 Å². The van der Waals surface area contributed by atoms with E-state index in [4.69, 9.17) is 4.74 Å². The van der Waals surface area contributed by atoms with E-state index in [0.717, 1.165) is 21.8 Å². The normalized spacial score (nSPS) is 16.0. The van der Waals surface area contributed by atoms with Gasteiger partial charge in [0.05, 0.1) is 24.5 Å². The van der Waals surface area contributed by atoms with Gasteiger partial charge in [0.2, 0.25) is 11.8 Å². The number of hydrogen-bond acceptors (Lipinski definition) is 5. The number of anilines is 2. The molecule has 2 aromatic carbocycles. The summed E-state index contributed by atoms with van der Waals surface area (Å²) in [4.78, 5) is 27.7. The van der Waals surface area contributed by atoms with Gasteiger partial charge >= 0.3 is 0 Å². The van der Waals surface area contributed by atoms with Gasteiger partial charge in [-0.25, -0.2) is 0 Å². The smallest absolute Gasteiger partial charge is 0.238 e. The van der Waals surface area contributed by atoms with Crippen LogP contribution in [-0.4, -0.2) is 24.2 Å². The van der Waals surface area contributed by atoms with E-state index in [9.17, 15) is 9.59 Å². The molecule has 0 radical (unpaired) electrons. The molecule has 1 aliphatic rings. The Morgan fingerprint density at radius 2 is 1.93 bits per heavy atom. The average molecular weight is 439 g/mol. The predicted octanol–water partition coefficient (Wildman–Crippen LogP) is 5.11. The van der Waals surface area contributed by atoms with Crippen molar-refractivity contribution < 1.29 is 14.3 Å². The lowest BCUT2D eigenvalue weighted by Gasteiger charge is -2.26. The van der Waals surface area contributed by atoms with Crippen LogP contribution in [0.15, 0.2) is 66.0 Å². The van der Waals surface area contributed by atoms with Crippen LogP contribution in [0.25, 0.3) is 0 Å². The molecule has 2 heterocycles. The Hall–Kier alpha value is -2.77. The van der Waals surface area contributed by atoms with Crippen LogP contribution in [0.3, 0.4) is 0 Å². The number of ether oxygens (including phenoxy) is 1. The first kappa shape index (κ1) is 20.5. The van der Waals surface area contributed by atoms with Crippen LogP contribution in [0.2, 0.25) is 0 Å². The molecule has 0 spiro atoms. The molecule has 7 heteroatoms. The zero-order valence-electron chi connectivity index (χ0n) is 16.5. The van der Waals surface area contributed by atoms with Gasteiger partial charge in [0, 0.05) is 10.6 Å². The SMILES string of the molecule is CCOc1ccccc1N1C(=O)CSC1c1ccc(NC(=O)Cc2cccs2)cc1. The number of benzene rings is 2. The summed E-state index contributed by atoms with van der Waals surface area (Å²) < 4.78 is 5.74. The monoisotopic (exact) mass is 438 g/mol. The Labute approximate surface area is 184 Å². The number of carbonyl (C=O) groups excluding carboxylic acids is 2. The van der Waals surface area contributed by atoms with Gasteiger partial charge in [0.1, 0.15) is 11.1 Å². The first-order valence-corrected chi connectivity index (χ1v) is 11.7. The minimum atomic E-state index is -0.130. The molecule has 1 saturated heterocycles. The molecular formula is C23H22N2O3S2. The van der Waals surface area contributed by atoms with E-state index in [1.165, 1.54) is 0 Å². The van der Waals surface area contributed by atoms with Crippen LogP contribution >= 0.6 is 23.1 Å². The molecule has 0 aliphatic carbocycles. The van der Waals surface area contributed by atoms with Crippen LogP contribution < -0.4 is 15.0 Å². The summed E-state index contributed by atoms with van der Waals surface area (Å²) in [6, 6.07) is 19.2. The largest absolute Gasteiger partial charge is 0.492 e. The Morgan fingerprint density at radius 1 is 1.13 bits per heavy atom. The number of nitrogens with zero attached hydrogens (tertiary/aromatic N) is 1. The Morgan fingerprint density at radius 3 is 2.67 bits per heavy atom. The third kappa shape index (κ3) is 4.52. The molecule has 5 nitrogen and oxygen atoms in total. The number of amides is 2. The molecule has 1 unspecified atom stereocenters. The molecular weight excluding hydrogens is 416 g/mol. The third-order valence-corrected chi connectivity index (χ3v) is 6.78. The molecule has 154 valence electrons. The fraction of sp³-hybridized carbons (Fsp3) is 0.217. The van der Waals surface area contributed by atoms with E-state index in [1.807, 2.05) is 73.0 Å². The number of hydrogen-bond donors (Lipinski definition) is 1. The highest BCUT2D eigenvalue weighted by Crippen LogP contribution is 2.44. The Balaban J connectivity index is 1.50. The van der Waals surface area contributed by atoms with Gasteiger partial charge < -0.3 is 10.1 Å². The van der Waals surface area contributed by atoms with Crippen molar-refractivity contribution in [3.05, 3.63) is 76.5 Å². The van der Waals surface area contributed by atoms with Gasteiger partial charge in [0.25, 0.3) is 0 Å². The maximum Gasteiger partial charge on any atom is 0.238 e. The third-order valence-electron chi connectivity index (χ3n) is 4.69. The lowest BCUT2D eigenvalue weighted by atomic mass is 10.1. The highest BCUT2D eigenvalue weighted by Gasteiger charge is 2.35. The second-order valence-corrected chi connectivity index (χ2v) is 8.85. The molecule has 4 rings (SSSR count). The number of thioether (sulfide) groups is 1. The van der Waals surface area contributed by atoms with E-state index in [1.54, 1.807) is 28.0 Å². The van der Waals surface area contributed by atoms with Crippen molar-refractivity contribution in [3.8, 4) is 5.75 Å². The first-order valence-electron chi connectivity index (χ1n) is 9.73. The van der Waals surface area contributed by atoms with Crippen molar-refractivity contribution in [2.45, 2.75) is 18.7 Å². The molecule has 2 amide bonds. The van der Waals surface area contributed by atoms with Gasteiger partial charge in [-0.2, -0.15) is 0 Å². The number of para-hydroxylation sites is 2. The fourth-order valence-corrected chi connectivity index (χ4v) is 5.25. The minimum absolute atomic E-state index is 0.0390. The van der Waals surface area contributed by atoms with Crippen molar-refractivity contribution >= 4 is 46.3 Å². The second kappa shape index (κ2) is 9.36. The summed E-state index contributed by atoms with van der Waals surface area (Å²) in [5.41, 5.74) is 2.54. The summed E-state index contributed by atoms with van der Waals surface area (Å²) in [6.07, 6.45) is 0.369. The topological polar surface area (TPSA) is 58.6 Å². The summed E-state index contributed by atoms with van der Waals surface area (Å²) in [5.74, 6) is 1.15. The van der Waals surface area contributed by atoms with Crippen LogP contribution in [0.5, 0.6) is 5.75 Å². The fourth-order valence-electron chi connectivity index (χ4n) is 3.37. The maximum absolute atomic E-state index is 12.7. The molecule has 1 aromatic heterocycles. The minimum Gasteiger partial charge on any atom is -0.492 e. The summed E-state index contributed by atoms with van der Waals surface area (Å²) in [6.45, 7) is 2.47. The molecule has 1 fully saturated rings. The first-order chi connectivity index (χ1) is 14.7. The molecule has 1 atom stereocenters. The van der Waals surface area contributed by atoms with Crippen LogP contribution in [0, 0.1) is 0 Å². The van der Waals surface area contributed by atoms with Crippen LogP contribution in [-0.2, 0) is 16.0 Å². The second-order valence-electron chi connectivity index (χ2n) is 6.75. The zero-order valence-corrected chi connectivity index (χ0v) is 18.2. The molecule has 1 aliphatic heterocycles. The zero-order chi connectivity index (χ0) is 20.9. The number of nitrogens with one attached hydrogen (secondary N) is 1. The molecule has 0 bridgehead atoms. The average Bonchev–Trinajstić information content (AvgIpc) is 3.39. The summed E-state index contributed by atoms with van der Waals surface area (Å²) in [5, 5.41) is 4.77. The maximum atomic E-state index is 12.7. The molecule has 0 saturated carbocycles. The standard InChI is InChI=1S/C23H22N2O3S2/c1-2-28-20-8-4-3-7-19(20)25-22(27)15-30-23(25)16-9-11-17(12-10-16)24-21(26)14-18-6-5-13-29-18/h3-13,23H,2,14-15H2,1H3,(H,24,26). The number of carbonyl (C=O) groups is 2. The van der Waals surface area contributed by atoms with Gasteiger partial charge in [-0.1, -0.05) is 30.3 Å². The predicted molar refractivity (Wildman–Crippen MR) is 123 cm³/mol. The molecule has 1 N–H and O–H groups in total. The van der Waals surface area contributed by atoms with Gasteiger partial charge in [0.15, 0.2) is 0 Å². The van der Waals surface area contributed by atoms with Crippen molar-refractivity contribution in [2.24, 2.45) is 0 Å². The van der Waals surface area contributed by atoms with E-state index in [-0.39, 0.29) is 17.2 Å². The van der Waals surface area contributed by atoms with E-state index < -0.39 is 0 Å². The molecule has 30 heavy (non-hydrogen) atoms. The highest BCUT2D eigenvalue weighted by atomic mass is 32.2. The Bertz CT molecular complexity index is 1020. The van der Waals surface area contributed by atoms with E-state index in [2.05, 4.69) is 5.32 Å². The van der Waals surface area contributed by atoms with E-state index in [0.29, 0.717) is 24.5 Å². The number of rotatable bonds is 7. The highest BCUT2D eigenvalue weighted by molar-refractivity contribution is 8.00. The van der Waals surface area contributed by atoms with Crippen molar-refractivity contribution in [1.82, 2.24) is 0 Å². The van der Waals surface area contributed by atoms with Crippen LogP contribution in [0.4, 0.5) is 11.4 Å². The van der Waals surface area contributed by atoms with Gasteiger partial charge in [-0.15, -0.1) is 23.1 Å². The summed E-state index contributed by atoms with van der Waals surface area (Å²) in [7, 11) is 0. The van der Waals surface area contributed by atoms with Crippen molar-refractivity contribution in [1.29, 1.82) is 0 Å². The lowest BCUT2D eigenvalue weighted by Crippen LogP contribution is -2.28. The van der Waals surface area contributed by atoms with E-state index >= 15 is 0 Å². The molecule has 3 aromatic rings. The summed E-state index contributed by atoms with van der Waals surface area (Å²) >= 11 is 3.16. The van der Waals surface area contributed by atoms with Gasteiger partial charge in [-0.3, -0.25) is 14.5 Å². The van der Waals surface area contributed by atoms with Crippen LogP contribution in [0.1, 0.15) is 22.7 Å². The van der Waals surface area contributed by atoms with Crippen molar-refractivity contribution in [3.63, 3.8) is 0 Å². The lowest BCUT2D eigenvalue weighted by molar-refractivity contribution is -0.116. The number of thiophene rings is 1. The Kier molecular flexibility index (Phi) is 6.40. The quantitative estimate of drug-likeness (QED) is 0.557.